The Bertz CT molecular complexity index is 478. The van der Waals surface area contributed by atoms with Gasteiger partial charge in [-0.2, -0.15) is 11.8 Å². The van der Waals surface area contributed by atoms with E-state index in [-0.39, 0.29) is 5.25 Å². The summed E-state index contributed by atoms with van der Waals surface area (Å²) in [6.07, 6.45) is -1.44. The molecule has 0 aliphatic carbocycles. The van der Waals surface area contributed by atoms with Crippen LogP contribution in [-0.2, 0) is 15.9 Å². The van der Waals surface area contributed by atoms with E-state index in [4.69, 9.17) is 9.47 Å². The standard InChI is InChI=1S/C16H22O4S/c1-16(2)19-14-11(17)9-21-12(13(18)15(14)20-16)8-10-6-4-3-5-7-10/h3-7,11-15,17-18H,8-9H2,1-2H3/t11-,12+,13-,14-,15-/m0/s1. The smallest absolute Gasteiger partial charge is 0.164 e. The molecule has 0 aromatic heterocycles. The van der Waals surface area contributed by atoms with E-state index >= 15 is 0 Å². The van der Waals surface area contributed by atoms with Crippen LogP contribution in [0.1, 0.15) is 19.4 Å². The van der Waals surface area contributed by atoms with Gasteiger partial charge >= 0.3 is 0 Å². The number of ether oxygens (including phenoxy) is 2. The first-order valence-electron chi connectivity index (χ1n) is 7.33. The van der Waals surface area contributed by atoms with Crippen LogP contribution in [0, 0.1) is 0 Å². The number of benzene rings is 1. The van der Waals surface area contributed by atoms with Gasteiger partial charge in [-0.3, -0.25) is 0 Å². The zero-order valence-electron chi connectivity index (χ0n) is 12.3. The van der Waals surface area contributed by atoms with E-state index < -0.39 is 30.2 Å². The first-order chi connectivity index (χ1) is 9.96. The van der Waals surface area contributed by atoms with Gasteiger partial charge in [-0.05, 0) is 25.8 Å². The lowest BCUT2D eigenvalue weighted by Crippen LogP contribution is -2.44. The quantitative estimate of drug-likeness (QED) is 0.869. The molecule has 4 nitrogen and oxygen atoms in total. The van der Waals surface area contributed by atoms with Gasteiger partial charge in [-0.15, -0.1) is 0 Å². The van der Waals surface area contributed by atoms with E-state index in [2.05, 4.69) is 12.1 Å². The molecule has 2 heterocycles. The summed E-state index contributed by atoms with van der Waals surface area (Å²) in [7, 11) is 0. The van der Waals surface area contributed by atoms with Crippen LogP contribution in [0.15, 0.2) is 30.3 Å². The summed E-state index contributed by atoms with van der Waals surface area (Å²) in [6.45, 7) is 3.64. The van der Waals surface area contributed by atoms with Gasteiger partial charge in [0.1, 0.15) is 12.2 Å². The average molecular weight is 310 g/mol. The Morgan fingerprint density at radius 2 is 1.81 bits per heavy atom. The van der Waals surface area contributed by atoms with Gasteiger partial charge in [-0.25, -0.2) is 0 Å². The molecule has 5 heteroatoms. The number of thioether (sulfide) groups is 1. The maximum Gasteiger partial charge on any atom is 0.164 e. The van der Waals surface area contributed by atoms with E-state index in [1.165, 1.54) is 5.56 Å². The summed E-state index contributed by atoms with van der Waals surface area (Å²) >= 11 is 1.59. The molecule has 21 heavy (non-hydrogen) atoms. The van der Waals surface area contributed by atoms with Gasteiger partial charge in [0.05, 0.1) is 12.2 Å². The second kappa shape index (κ2) is 5.89. The number of aliphatic hydroxyl groups excluding tert-OH is 2. The molecule has 2 fully saturated rings. The van der Waals surface area contributed by atoms with E-state index in [9.17, 15) is 10.2 Å². The van der Waals surface area contributed by atoms with Crippen LogP contribution >= 0.6 is 11.8 Å². The molecule has 2 aliphatic heterocycles. The lowest BCUT2D eigenvalue weighted by atomic mass is 9.98. The summed E-state index contributed by atoms with van der Waals surface area (Å²) in [5, 5.41) is 20.9. The van der Waals surface area contributed by atoms with Crippen LogP contribution in [0.25, 0.3) is 0 Å². The van der Waals surface area contributed by atoms with Gasteiger partial charge in [0.2, 0.25) is 0 Å². The maximum absolute atomic E-state index is 10.7. The van der Waals surface area contributed by atoms with Crippen molar-refractivity contribution in [3.8, 4) is 0 Å². The highest BCUT2D eigenvalue weighted by atomic mass is 32.2. The number of hydrogen-bond donors (Lipinski definition) is 2. The molecule has 0 unspecified atom stereocenters. The lowest BCUT2D eigenvalue weighted by molar-refractivity contribution is -0.160. The Labute approximate surface area is 129 Å². The van der Waals surface area contributed by atoms with Crippen LogP contribution in [-0.4, -0.2) is 51.4 Å². The normalized spacial score (nSPS) is 38.8. The minimum atomic E-state index is -0.753. The lowest BCUT2D eigenvalue weighted by Gasteiger charge is -2.26. The molecule has 2 N–H and O–H groups in total. The minimum Gasteiger partial charge on any atom is -0.389 e. The summed E-state index contributed by atoms with van der Waals surface area (Å²) in [5.41, 5.74) is 1.18. The third kappa shape index (κ3) is 3.27. The van der Waals surface area contributed by atoms with E-state index in [1.54, 1.807) is 11.8 Å². The Kier molecular flexibility index (Phi) is 4.30. The molecule has 2 aliphatic rings. The van der Waals surface area contributed by atoms with Crippen molar-refractivity contribution in [1.82, 2.24) is 0 Å². The molecule has 1 aromatic rings. The molecule has 3 rings (SSSR count). The van der Waals surface area contributed by atoms with Gasteiger partial charge in [0, 0.05) is 11.0 Å². The Balaban J connectivity index is 1.78. The highest BCUT2D eigenvalue weighted by Gasteiger charge is 2.51. The highest BCUT2D eigenvalue weighted by molar-refractivity contribution is 8.00. The Morgan fingerprint density at radius 1 is 1.14 bits per heavy atom. The Hall–Kier alpha value is -0.590. The van der Waals surface area contributed by atoms with Crippen molar-refractivity contribution >= 4 is 11.8 Å². The number of fused-ring (bicyclic) bond motifs is 1. The molecule has 5 atom stereocenters. The topological polar surface area (TPSA) is 58.9 Å². The second-order valence-electron chi connectivity index (χ2n) is 6.18. The molecule has 0 amide bonds. The van der Waals surface area contributed by atoms with Crippen LogP contribution < -0.4 is 0 Å². The van der Waals surface area contributed by atoms with Crippen molar-refractivity contribution in [3.63, 3.8) is 0 Å². The molecule has 116 valence electrons. The second-order valence-corrected chi connectivity index (χ2v) is 7.46. The molecular weight excluding hydrogens is 288 g/mol. The van der Waals surface area contributed by atoms with Gasteiger partial charge < -0.3 is 19.7 Å². The molecule has 0 spiro atoms. The zero-order valence-corrected chi connectivity index (χ0v) is 13.1. The predicted octanol–water partition coefficient (Wildman–Crippen LogP) is 1.59. The first-order valence-corrected chi connectivity index (χ1v) is 8.38. The average Bonchev–Trinajstić information content (AvgIpc) is 2.75. The summed E-state index contributed by atoms with van der Waals surface area (Å²) < 4.78 is 11.6. The molecular formula is C16H22O4S. The third-order valence-electron chi connectivity index (χ3n) is 4.02. The van der Waals surface area contributed by atoms with Gasteiger partial charge in [-0.1, -0.05) is 30.3 Å². The first kappa shape index (κ1) is 15.3. The van der Waals surface area contributed by atoms with Gasteiger partial charge in [0.15, 0.2) is 5.79 Å². The van der Waals surface area contributed by atoms with Crippen molar-refractivity contribution < 1.29 is 19.7 Å². The maximum atomic E-state index is 10.7. The highest BCUT2D eigenvalue weighted by Crippen LogP contribution is 2.39. The fourth-order valence-electron chi connectivity index (χ4n) is 3.03. The predicted molar refractivity (Wildman–Crippen MR) is 82.2 cm³/mol. The number of hydrogen-bond acceptors (Lipinski definition) is 5. The summed E-state index contributed by atoms with van der Waals surface area (Å²) in [6, 6.07) is 10.1. The largest absolute Gasteiger partial charge is 0.389 e. The minimum absolute atomic E-state index is 0.00505. The molecule has 1 aromatic carbocycles. The molecule has 0 bridgehead atoms. The monoisotopic (exact) mass is 310 g/mol. The summed E-state index contributed by atoms with van der Waals surface area (Å²) in [5.74, 6) is -0.203. The van der Waals surface area contributed by atoms with E-state index in [0.717, 1.165) is 6.42 Å². The number of aliphatic hydroxyl groups is 2. The van der Waals surface area contributed by atoms with Gasteiger partial charge in [0.25, 0.3) is 0 Å². The van der Waals surface area contributed by atoms with Crippen molar-refractivity contribution in [3.05, 3.63) is 35.9 Å². The fraction of sp³-hybridized carbons (Fsp3) is 0.625. The van der Waals surface area contributed by atoms with E-state index in [0.29, 0.717) is 5.75 Å². The van der Waals surface area contributed by atoms with Crippen LogP contribution in [0.3, 0.4) is 0 Å². The number of rotatable bonds is 2. The van der Waals surface area contributed by atoms with Crippen molar-refractivity contribution in [2.24, 2.45) is 0 Å². The van der Waals surface area contributed by atoms with Crippen molar-refractivity contribution in [2.75, 3.05) is 5.75 Å². The van der Waals surface area contributed by atoms with Crippen molar-refractivity contribution in [2.45, 2.75) is 55.7 Å². The molecule has 2 saturated heterocycles. The van der Waals surface area contributed by atoms with Crippen LogP contribution in [0.2, 0.25) is 0 Å². The molecule has 0 saturated carbocycles. The van der Waals surface area contributed by atoms with Crippen molar-refractivity contribution in [1.29, 1.82) is 0 Å². The SMILES string of the molecule is CC1(C)O[C@@H]2[C@@H](O1)[C@@H](O)[C@@H](Cc1ccccc1)SC[C@@H]2O. The van der Waals surface area contributed by atoms with Crippen LogP contribution in [0.4, 0.5) is 0 Å². The molecule has 0 radical (unpaired) electrons. The zero-order chi connectivity index (χ0) is 15.0. The fourth-order valence-corrected chi connectivity index (χ4v) is 4.33. The summed E-state index contributed by atoms with van der Waals surface area (Å²) in [4.78, 5) is 0. The van der Waals surface area contributed by atoms with Crippen LogP contribution in [0.5, 0.6) is 0 Å². The third-order valence-corrected chi connectivity index (χ3v) is 5.43. The Morgan fingerprint density at radius 3 is 2.52 bits per heavy atom. The van der Waals surface area contributed by atoms with E-state index in [1.807, 2.05) is 32.0 Å².